The van der Waals surface area contributed by atoms with Crippen molar-refractivity contribution in [2.75, 3.05) is 0 Å². The Morgan fingerprint density at radius 1 is 1.22 bits per heavy atom. The van der Waals surface area contributed by atoms with E-state index >= 15 is 0 Å². The van der Waals surface area contributed by atoms with Crippen LogP contribution in [0.4, 0.5) is 4.39 Å². The fourth-order valence-corrected chi connectivity index (χ4v) is 3.62. The zero-order valence-electron chi connectivity index (χ0n) is 15.4. The van der Waals surface area contributed by atoms with Crippen LogP contribution in [0.2, 0.25) is 0 Å². The Morgan fingerprint density at radius 2 is 1.89 bits per heavy atom. The van der Waals surface area contributed by atoms with Crippen LogP contribution >= 0.6 is 0 Å². The first-order chi connectivity index (χ1) is 13.0. The minimum Gasteiger partial charge on any atom is -0.494 e. The van der Waals surface area contributed by atoms with E-state index in [1.54, 1.807) is 12.1 Å². The first-order valence-corrected chi connectivity index (χ1v) is 9.37. The Morgan fingerprint density at radius 3 is 2.52 bits per heavy atom. The van der Waals surface area contributed by atoms with Crippen molar-refractivity contribution >= 4 is 5.71 Å². The Hall–Kier alpha value is -2.70. The van der Waals surface area contributed by atoms with Crippen molar-refractivity contribution < 1.29 is 9.50 Å². The topological polar surface area (TPSA) is 87.4 Å². The molecule has 3 rings (SSSR count). The van der Waals surface area contributed by atoms with Gasteiger partial charge < -0.3 is 5.11 Å². The predicted molar refractivity (Wildman–Crippen MR) is 102 cm³/mol. The summed E-state index contributed by atoms with van der Waals surface area (Å²) in [7, 11) is 0. The molecule has 0 spiro atoms. The zero-order valence-corrected chi connectivity index (χ0v) is 15.4. The van der Waals surface area contributed by atoms with E-state index in [9.17, 15) is 19.1 Å². The van der Waals surface area contributed by atoms with Crippen LogP contribution in [0.15, 0.2) is 38.8 Å². The first kappa shape index (κ1) is 19.1. The number of aromatic nitrogens is 2. The van der Waals surface area contributed by atoms with E-state index in [1.807, 2.05) is 6.92 Å². The summed E-state index contributed by atoms with van der Waals surface area (Å²) < 4.78 is 14.3. The lowest BCUT2D eigenvalue weighted by atomic mass is 9.95. The van der Waals surface area contributed by atoms with Crippen LogP contribution in [-0.2, 0) is 6.54 Å². The molecule has 1 aromatic carbocycles. The summed E-state index contributed by atoms with van der Waals surface area (Å²) in [5, 5.41) is 10.8. The van der Waals surface area contributed by atoms with Gasteiger partial charge in [-0.2, -0.15) is 0 Å². The van der Waals surface area contributed by atoms with Crippen molar-refractivity contribution in [2.45, 2.75) is 58.0 Å². The normalized spacial score (nSPS) is 15.9. The summed E-state index contributed by atoms with van der Waals surface area (Å²) in [6.45, 7) is 2.09. The summed E-state index contributed by atoms with van der Waals surface area (Å²) in [4.78, 5) is 31.5. The molecule has 144 valence electrons. The monoisotopic (exact) mass is 373 g/mol. The summed E-state index contributed by atoms with van der Waals surface area (Å²) in [6, 6.07) is 5.84. The molecule has 1 heterocycles. The van der Waals surface area contributed by atoms with Crippen molar-refractivity contribution in [3.05, 3.63) is 62.0 Å². The molecule has 1 aliphatic rings. The zero-order chi connectivity index (χ0) is 19.4. The first-order valence-electron chi connectivity index (χ1n) is 9.37. The maximum Gasteiger partial charge on any atom is 0.331 e. The third-order valence-corrected chi connectivity index (χ3v) is 5.05. The lowest BCUT2D eigenvalue weighted by Gasteiger charge is -2.25. The highest BCUT2D eigenvalue weighted by Crippen LogP contribution is 2.30. The molecule has 1 aliphatic carbocycles. The number of aliphatic imine (C=N–C) groups is 1. The highest BCUT2D eigenvalue weighted by Gasteiger charge is 2.24. The van der Waals surface area contributed by atoms with Gasteiger partial charge in [-0.25, -0.2) is 9.18 Å². The summed E-state index contributed by atoms with van der Waals surface area (Å²) in [5.74, 6) is -0.637. The van der Waals surface area contributed by atoms with Gasteiger partial charge in [-0.15, -0.1) is 0 Å². The maximum absolute atomic E-state index is 13.0. The second kappa shape index (κ2) is 8.33. The summed E-state index contributed by atoms with van der Waals surface area (Å²) >= 11 is 0. The minimum absolute atomic E-state index is 0.0461. The van der Waals surface area contributed by atoms with Gasteiger partial charge in [0.15, 0.2) is 0 Å². The average Bonchev–Trinajstić information content (AvgIpc) is 2.66. The van der Waals surface area contributed by atoms with Gasteiger partial charge in [0.05, 0.1) is 12.3 Å². The van der Waals surface area contributed by atoms with E-state index in [1.165, 1.54) is 16.7 Å². The number of hydrogen-bond donors (Lipinski definition) is 2. The molecule has 7 heteroatoms. The molecular weight excluding hydrogens is 349 g/mol. The molecular formula is C20H24FN3O3. The van der Waals surface area contributed by atoms with Crippen LogP contribution in [-0.4, -0.2) is 20.4 Å². The van der Waals surface area contributed by atoms with Crippen molar-refractivity contribution in [3.8, 4) is 5.88 Å². The van der Waals surface area contributed by atoms with E-state index in [4.69, 9.17) is 0 Å². The van der Waals surface area contributed by atoms with Gasteiger partial charge in [0.25, 0.3) is 5.56 Å². The Labute approximate surface area is 156 Å². The molecule has 1 aromatic heterocycles. The van der Waals surface area contributed by atoms with Crippen LogP contribution in [0.5, 0.6) is 5.88 Å². The number of nitrogens with one attached hydrogen (secondary N) is 1. The maximum atomic E-state index is 13.0. The smallest absolute Gasteiger partial charge is 0.331 e. The molecule has 0 atom stereocenters. The standard InChI is InChI=1S/C20H24FN3O3/c1-2-16(22-12-13-8-10-14(21)11-9-13)17-18(25)23-20(27)24(19(17)26)15-6-4-3-5-7-15/h8-11,15,26H,2-7,12H2,1H3,(H,23,25,27). The van der Waals surface area contributed by atoms with Gasteiger partial charge >= 0.3 is 5.69 Å². The lowest BCUT2D eigenvalue weighted by Crippen LogP contribution is -2.36. The molecule has 6 nitrogen and oxygen atoms in total. The van der Waals surface area contributed by atoms with Gasteiger partial charge in [-0.3, -0.25) is 19.3 Å². The quantitative estimate of drug-likeness (QED) is 0.789. The van der Waals surface area contributed by atoms with E-state index in [0.29, 0.717) is 12.1 Å². The average molecular weight is 373 g/mol. The molecule has 0 unspecified atom stereocenters. The van der Waals surface area contributed by atoms with Gasteiger partial charge in [0.1, 0.15) is 11.4 Å². The predicted octanol–water partition coefficient (Wildman–Crippen LogP) is 3.29. The molecule has 2 N–H and O–H groups in total. The van der Waals surface area contributed by atoms with Crippen LogP contribution in [0, 0.1) is 5.82 Å². The molecule has 2 aromatic rings. The van der Waals surface area contributed by atoms with Crippen molar-refractivity contribution in [3.63, 3.8) is 0 Å². The highest BCUT2D eigenvalue weighted by molar-refractivity contribution is 6.01. The fraction of sp³-hybridized carbons (Fsp3) is 0.450. The number of aromatic amines is 1. The van der Waals surface area contributed by atoms with E-state index < -0.39 is 11.2 Å². The Bertz CT molecular complexity index is 938. The Balaban J connectivity index is 2.00. The molecule has 0 aliphatic heterocycles. The highest BCUT2D eigenvalue weighted by atomic mass is 19.1. The number of aromatic hydroxyl groups is 1. The van der Waals surface area contributed by atoms with Crippen LogP contribution in [0.1, 0.15) is 62.6 Å². The Kier molecular flexibility index (Phi) is 5.88. The van der Waals surface area contributed by atoms with E-state index in [0.717, 1.165) is 37.7 Å². The van der Waals surface area contributed by atoms with Crippen LogP contribution < -0.4 is 11.2 Å². The molecule has 27 heavy (non-hydrogen) atoms. The molecule has 0 amide bonds. The lowest BCUT2D eigenvalue weighted by molar-refractivity contribution is 0.298. The number of rotatable bonds is 5. The number of nitrogens with zero attached hydrogens (tertiary/aromatic N) is 2. The molecule has 0 saturated heterocycles. The third-order valence-electron chi connectivity index (χ3n) is 5.05. The van der Waals surface area contributed by atoms with Gasteiger partial charge in [0, 0.05) is 6.04 Å². The number of halogens is 1. The number of hydrogen-bond acceptors (Lipinski definition) is 4. The number of benzene rings is 1. The third kappa shape index (κ3) is 4.18. The van der Waals surface area contributed by atoms with Crippen LogP contribution in [0.25, 0.3) is 0 Å². The van der Waals surface area contributed by atoms with Crippen molar-refractivity contribution in [1.29, 1.82) is 0 Å². The largest absolute Gasteiger partial charge is 0.494 e. The summed E-state index contributed by atoms with van der Waals surface area (Å²) in [6.07, 6.45) is 5.11. The summed E-state index contributed by atoms with van der Waals surface area (Å²) in [5.41, 5.74) is 0.0395. The van der Waals surface area contributed by atoms with Crippen molar-refractivity contribution in [2.24, 2.45) is 4.99 Å². The fourth-order valence-electron chi connectivity index (χ4n) is 3.62. The van der Waals surface area contributed by atoms with E-state index in [2.05, 4.69) is 9.98 Å². The molecule has 1 fully saturated rings. The van der Waals surface area contributed by atoms with Crippen LogP contribution in [0.3, 0.4) is 0 Å². The van der Waals surface area contributed by atoms with E-state index in [-0.39, 0.29) is 29.8 Å². The molecule has 1 saturated carbocycles. The SMILES string of the molecule is CCC(=NCc1ccc(F)cc1)c1c(O)n(C2CCCCC2)c(=O)[nH]c1=O. The number of H-pyrrole nitrogens is 1. The van der Waals surface area contributed by atoms with Gasteiger partial charge in [-0.1, -0.05) is 38.3 Å². The van der Waals surface area contributed by atoms with Gasteiger partial charge in [-0.05, 0) is 37.0 Å². The molecule has 0 radical (unpaired) electrons. The van der Waals surface area contributed by atoms with Crippen molar-refractivity contribution in [1.82, 2.24) is 9.55 Å². The second-order valence-corrected chi connectivity index (χ2v) is 6.86. The minimum atomic E-state index is -0.635. The van der Waals surface area contributed by atoms with Gasteiger partial charge in [0.2, 0.25) is 5.88 Å². The second-order valence-electron chi connectivity index (χ2n) is 6.86. The molecule has 0 bridgehead atoms.